The third-order valence-electron chi connectivity index (χ3n) is 3.98. The minimum atomic E-state index is -0.411. The average Bonchev–Trinajstić information content (AvgIpc) is 3.17. The van der Waals surface area contributed by atoms with Gasteiger partial charge in [0.2, 0.25) is 0 Å². The maximum absolute atomic E-state index is 10.8. The monoisotopic (exact) mass is 350 g/mol. The maximum Gasteiger partial charge on any atom is 0.272 e. The first-order valence-electron chi connectivity index (χ1n) is 7.68. The number of aryl methyl sites for hydroxylation is 1. The summed E-state index contributed by atoms with van der Waals surface area (Å²) in [6.07, 6.45) is 2.22. The number of aromatic nitrogens is 3. The van der Waals surface area contributed by atoms with E-state index in [0.717, 1.165) is 19.4 Å². The van der Waals surface area contributed by atoms with Crippen LogP contribution in [-0.2, 0) is 17.9 Å². The van der Waals surface area contributed by atoms with E-state index in [1.165, 1.54) is 6.07 Å². The summed E-state index contributed by atoms with van der Waals surface area (Å²) >= 11 is 5.26. The van der Waals surface area contributed by atoms with Crippen molar-refractivity contribution < 1.29 is 14.4 Å². The Bertz CT molecular complexity index is 795. The highest BCUT2D eigenvalue weighted by Crippen LogP contribution is 2.23. The van der Waals surface area contributed by atoms with Crippen LogP contribution < -0.4 is 4.74 Å². The number of aromatic amines is 1. The summed E-state index contributed by atoms with van der Waals surface area (Å²) in [6.45, 7) is 3.33. The molecule has 0 bridgehead atoms. The highest BCUT2D eigenvalue weighted by molar-refractivity contribution is 7.71. The zero-order valence-corrected chi connectivity index (χ0v) is 14.0. The van der Waals surface area contributed by atoms with E-state index in [1.807, 2.05) is 4.57 Å². The summed E-state index contributed by atoms with van der Waals surface area (Å²) in [5.41, 5.74) is 0.624. The van der Waals surface area contributed by atoms with Gasteiger partial charge in [0.05, 0.1) is 17.6 Å². The van der Waals surface area contributed by atoms with Crippen LogP contribution in [0.5, 0.6) is 5.75 Å². The van der Waals surface area contributed by atoms with Gasteiger partial charge in [-0.15, -0.1) is 0 Å². The molecule has 1 N–H and O–H groups in total. The lowest BCUT2D eigenvalue weighted by atomic mass is 10.2. The molecule has 1 aliphatic rings. The van der Waals surface area contributed by atoms with E-state index < -0.39 is 4.92 Å². The quantitative estimate of drug-likeness (QED) is 0.489. The molecule has 0 aliphatic carbocycles. The lowest BCUT2D eigenvalue weighted by Gasteiger charge is -2.13. The van der Waals surface area contributed by atoms with Crippen molar-refractivity contribution >= 4 is 17.9 Å². The summed E-state index contributed by atoms with van der Waals surface area (Å²) in [7, 11) is 0. The van der Waals surface area contributed by atoms with Crippen molar-refractivity contribution in [3.63, 3.8) is 0 Å². The molecule has 2 heterocycles. The van der Waals surface area contributed by atoms with E-state index in [-0.39, 0.29) is 18.4 Å². The van der Waals surface area contributed by atoms with Gasteiger partial charge < -0.3 is 9.47 Å². The molecule has 0 spiro atoms. The lowest BCUT2D eigenvalue weighted by molar-refractivity contribution is -0.385. The van der Waals surface area contributed by atoms with Crippen molar-refractivity contribution in [2.24, 2.45) is 0 Å². The minimum absolute atomic E-state index is 0.0726. The van der Waals surface area contributed by atoms with Crippen molar-refractivity contribution in [1.82, 2.24) is 14.8 Å². The van der Waals surface area contributed by atoms with Crippen LogP contribution in [0.2, 0.25) is 0 Å². The Labute approximate surface area is 143 Å². The molecule has 9 heteroatoms. The topological polar surface area (TPSA) is 95.2 Å². The molecule has 0 amide bonds. The van der Waals surface area contributed by atoms with Crippen LogP contribution in [0, 0.1) is 21.8 Å². The standard InChI is InChI=1S/C15H18N4O4S/c1-10-7-11(4-5-13(10)19(20)21)23-9-14-16-17-15(24)18(14)8-12-3-2-6-22-12/h4-5,7,12H,2-3,6,8-9H2,1H3,(H,17,24)/t12-/m1/s1. The highest BCUT2D eigenvalue weighted by atomic mass is 32.1. The van der Waals surface area contributed by atoms with Crippen molar-refractivity contribution in [3.8, 4) is 5.75 Å². The second-order valence-corrected chi connectivity index (χ2v) is 6.07. The Morgan fingerprint density at radius 1 is 1.58 bits per heavy atom. The molecule has 1 aromatic heterocycles. The van der Waals surface area contributed by atoms with Crippen LogP contribution in [0.1, 0.15) is 24.2 Å². The van der Waals surface area contributed by atoms with Crippen LogP contribution >= 0.6 is 12.2 Å². The fraction of sp³-hybridized carbons (Fsp3) is 0.467. The Balaban J connectivity index is 1.69. The van der Waals surface area contributed by atoms with Gasteiger partial charge in [0.15, 0.2) is 10.6 Å². The fourth-order valence-corrected chi connectivity index (χ4v) is 2.94. The first-order chi connectivity index (χ1) is 11.5. The van der Waals surface area contributed by atoms with Crippen LogP contribution in [0.25, 0.3) is 0 Å². The maximum atomic E-state index is 10.8. The zero-order valence-electron chi connectivity index (χ0n) is 13.2. The van der Waals surface area contributed by atoms with Crippen molar-refractivity contribution in [1.29, 1.82) is 0 Å². The molecule has 0 unspecified atom stereocenters. The summed E-state index contributed by atoms with van der Waals surface area (Å²) in [5, 5.41) is 17.8. The summed E-state index contributed by atoms with van der Waals surface area (Å²) in [5.74, 6) is 1.22. The first kappa shape index (κ1) is 16.6. The zero-order chi connectivity index (χ0) is 17.1. The number of ether oxygens (including phenoxy) is 2. The largest absolute Gasteiger partial charge is 0.486 e. The molecule has 0 saturated carbocycles. The van der Waals surface area contributed by atoms with E-state index in [9.17, 15) is 10.1 Å². The van der Waals surface area contributed by atoms with Gasteiger partial charge in [-0.25, -0.2) is 0 Å². The number of hydrogen-bond acceptors (Lipinski definition) is 6. The number of nitro groups is 1. The molecule has 1 atom stereocenters. The third-order valence-corrected chi connectivity index (χ3v) is 4.29. The molecule has 1 aliphatic heterocycles. The SMILES string of the molecule is Cc1cc(OCc2n[nH]c(=S)n2C[C@H]2CCCO2)ccc1[N+](=O)[O-]. The van der Waals surface area contributed by atoms with Crippen LogP contribution in [0.15, 0.2) is 18.2 Å². The van der Waals surface area contributed by atoms with Crippen LogP contribution in [-0.4, -0.2) is 32.4 Å². The molecule has 128 valence electrons. The van der Waals surface area contributed by atoms with Crippen LogP contribution in [0.3, 0.4) is 0 Å². The third kappa shape index (κ3) is 3.62. The van der Waals surface area contributed by atoms with E-state index in [1.54, 1.807) is 19.1 Å². The van der Waals surface area contributed by atoms with E-state index in [2.05, 4.69) is 10.2 Å². The Kier molecular flexibility index (Phi) is 4.91. The highest BCUT2D eigenvalue weighted by Gasteiger charge is 2.19. The van der Waals surface area contributed by atoms with E-state index in [4.69, 9.17) is 21.7 Å². The second kappa shape index (κ2) is 7.10. The van der Waals surface area contributed by atoms with Gasteiger partial charge in [0.1, 0.15) is 12.4 Å². The lowest BCUT2D eigenvalue weighted by Crippen LogP contribution is -2.18. The van der Waals surface area contributed by atoms with Gasteiger partial charge in [0, 0.05) is 18.2 Å². The molecule has 24 heavy (non-hydrogen) atoms. The molecule has 8 nitrogen and oxygen atoms in total. The predicted octanol–water partition coefficient (Wildman–Crippen LogP) is 2.92. The molecular formula is C15H18N4O4S. The van der Waals surface area contributed by atoms with Gasteiger partial charge in [0.25, 0.3) is 5.69 Å². The van der Waals surface area contributed by atoms with Gasteiger partial charge in [-0.2, -0.15) is 5.10 Å². The predicted molar refractivity (Wildman–Crippen MR) is 88.6 cm³/mol. The smallest absolute Gasteiger partial charge is 0.272 e. The Morgan fingerprint density at radius 2 is 2.42 bits per heavy atom. The Hall–Kier alpha value is -2.26. The normalized spacial score (nSPS) is 17.1. The number of nitrogens with one attached hydrogen (secondary N) is 1. The van der Waals surface area contributed by atoms with Gasteiger partial charge in [-0.1, -0.05) is 0 Å². The molecule has 1 saturated heterocycles. The number of nitro benzene ring substituents is 1. The van der Waals surface area contributed by atoms with Gasteiger partial charge in [-0.3, -0.25) is 19.8 Å². The minimum Gasteiger partial charge on any atom is -0.486 e. The van der Waals surface area contributed by atoms with Gasteiger partial charge >= 0.3 is 0 Å². The number of H-pyrrole nitrogens is 1. The summed E-state index contributed by atoms with van der Waals surface area (Å²) in [4.78, 5) is 10.4. The number of rotatable bonds is 6. The molecule has 0 radical (unpaired) electrons. The van der Waals surface area contributed by atoms with E-state index >= 15 is 0 Å². The molecule has 1 aromatic carbocycles. The summed E-state index contributed by atoms with van der Waals surface area (Å²) < 4.78 is 13.8. The number of hydrogen-bond donors (Lipinski definition) is 1. The molecule has 2 aromatic rings. The van der Waals surface area contributed by atoms with Crippen molar-refractivity contribution in [3.05, 3.63) is 44.5 Å². The molecule has 1 fully saturated rings. The number of benzene rings is 1. The first-order valence-corrected chi connectivity index (χ1v) is 8.09. The molecule has 3 rings (SSSR count). The molecular weight excluding hydrogens is 332 g/mol. The van der Waals surface area contributed by atoms with E-state index in [0.29, 0.717) is 28.5 Å². The Morgan fingerprint density at radius 3 is 3.08 bits per heavy atom. The fourth-order valence-electron chi connectivity index (χ4n) is 2.71. The van der Waals surface area contributed by atoms with Crippen molar-refractivity contribution in [2.75, 3.05) is 6.61 Å². The van der Waals surface area contributed by atoms with Crippen molar-refractivity contribution in [2.45, 2.75) is 39.0 Å². The second-order valence-electron chi connectivity index (χ2n) is 5.68. The number of nitrogens with zero attached hydrogens (tertiary/aromatic N) is 3. The summed E-state index contributed by atoms with van der Waals surface area (Å²) in [6, 6.07) is 4.66. The van der Waals surface area contributed by atoms with Gasteiger partial charge in [-0.05, 0) is 44.1 Å². The van der Waals surface area contributed by atoms with Crippen LogP contribution in [0.4, 0.5) is 5.69 Å². The average molecular weight is 350 g/mol.